The molecule has 0 radical (unpaired) electrons. The number of amides is 2. The number of hydrogen-bond acceptors (Lipinski definition) is 5. The van der Waals surface area contributed by atoms with Crippen LogP contribution in [-0.2, 0) is 26.2 Å². The maximum absolute atomic E-state index is 13.9. The van der Waals surface area contributed by atoms with Crippen LogP contribution < -0.4 is 14.4 Å². The molecule has 0 fully saturated rings. The number of carbonyl (C=O) groups is 2. The maximum Gasteiger partial charge on any atom is 0.264 e. The van der Waals surface area contributed by atoms with Gasteiger partial charge in [0.15, 0.2) is 0 Å². The SMILES string of the molecule is COc1ccc(N(CC(=O)N(Cc2ccc(F)cc2)[C@@H](C)C(=O)NC(C)(C)C)S(=O)(=O)c2ccc(C)cc2)cc1. The number of carbonyl (C=O) groups excluding carboxylic acids is 2. The summed E-state index contributed by atoms with van der Waals surface area (Å²) in [6.45, 7) is 8.29. The zero-order valence-corrected chi connectivity index (χ0v) is 24.5. The van der Waals surface area contributed by atoms with Crippen molar-refractivity contribution in [1.29, 1.82) is 0 Å². The van der Waals surface area contributed by atoms with Gasteiger partial charge in [0.05, 0.1) is 17.7 Å². The second-order valence-corrected chi connectivity index (χ2v) is 12.4. The van der Waals surface area contributed by atoms with Gasteiger partial charge in [-0.25, -0.2) is 12.8 Å². The smallest absolute Gasteiger partial charge is 0.264 e. The lowest BCUT2D eigenvalue weighted by Gasteiger charge is -2.33. The third kappa shape index (κ3) is 7.81. The molecule has 1 N–H and O–H groups in total. The monoisotopic (exact) mass is 569 g/mol. The summed E-state index contributed by atoms with van der Waals surface area (Å²) in [5.74, 6) is -0.920. The number of methoxy groups -OCH3 is 1. The molecule has 0 aliphatic heterocycles. The Kier molecular flexibility index (Phi) is 9.57. The summed E-state index contributed by atoms with van der Waals surface area (Å²) in [6, 6.07) is 17.3. The van der Waals surface area contributed by atoms with Crippen LogP contribution in [0.25, 0.3) is 0 Å². The van der Waals surface area contributed by atoms with Gasteiger partial charge in [0.25, 0.3) is 10.0 Å². The first-order valence-electron chi connectivity index (χ1n) is 12.8. The average molecular weight is 570 g/mol. The fraction of sp³-hybridized carbons (Fsp3) is 0.333. The highest BCUT2D eigenvalue weighted by molar-refractivity contribution is 7.92. The second-order valence-electron chi connectivity index (χ2n) is 10.6. The molecule has 3 aromatic rings. The van der Waals surface area contributed by atoms with Crippen molar-refractivity contribution in [3.05, 3.63) is 89.7 Å². The highest BCUT2D eigenvalue weighted by Crippen LogP contribution is 2.27. The molecule has 3 rings (SSSR count). The number of benzene rings is 3. The van der Waals surface area contributed by atoms with Gasteiger partial charge < -0.3 is 15.0 Å². The number of nitrogens with zero attached hydrogens (tertiary/aromatic N) is 2. The Bertz CT molecular complexity index is 1420. The van der Waals surface area contributed by atoms with Crippen LogP contribution >= 0.6 is 0 Å². The summed E-state index contributed by atoms with van der Waals surface area (Å²) in [5.41, 5.74) is 1.17. The van der Waals surface area contributed by atoms with Gasteiger partial charge in [-0.05, 0) is 88.7 Å². The largest absolute Gasteiger partial charge is 0.497 e. The minimum Gasteiger partial charge on any atom is -0.497 e. The van der Waals surface area contributed by atoms with E-state index in [0.29, 0.717) is 11.3 Å². The first kappa shape index (κ1) is 30.6. The van der Waals surface area contributed by atoms with E-state index in [1.54, 1.807) is 43.3 Å². The normalized spacial score (nSPS) is 12.4. The Balaban J connectivity index is 2.03. The van der Waals surface area contributed by atoms with E-state index in [2.05, 4.69) is 5.32 Å². The van der Waals surface area contributed by atoms with E-state index in [9.17, 15) is 22.4 Å². The first-order chi connectivity index (χ1) is 18.7. The number of aryl methyl sites for hydroxylation is 1. The first-order valence-corrected chi connectivity index (χ1v) is 14.2. The number of sulfonamides is 1. The van der Waals surface area contributed by atoms with Crippen LogP contribution in [0.3, 0.4) is 0 Å². The van der Waals surface area contributed by atoms with Gasteiger partial charge in [-0.1, -0.05) is 29.8 Å². The number of nitrogens with one attached hydrogen (secondary N) is 1. The van der Waals surface area contributed by atoms with Gasteiger partial charge in [0, 0.05) is 12.1 Å². The van der Waals surface area contributed by atoms with E-state index >= 15 is 0 Å². The van der Waals surface area contributed by atoms with Crippen molar-refractivity contribution < 1.29 is 27.1 Å². The quantitative estimate of drug-likeness (QED) is 0.383. The van der Waals surface area contributed by atoms with Crippen molar-refractivity contribution >= 4 is 27.5 Å². The van der Waals surface area contributed by atoms with Crippen molar-refractivity contribution in [2.24, 2.45) is 0 Å². The van der Waals surface area contributed by atoms with E-state index < -0.39 is 45.8 Å². The summed E-state index contributed by atoms with van der Waals surface area (Å²) < 4.78 is 47.5. The number of anilines is 1. The predicted octanol–water partition coefficient (Wildman–Crippen LogP) is 4.67. The van der Waals surface area contributed by atoms with Gasteiger partial charge in [-0.15, -0.1) is 0 Å². The highest BCUT2D eigenvalue weighted by Gasteiger charge is 2.33. The average Bonchev–Trinajstić information content (AvgIpc) is 2.90. The zero-order chi connectivity index (χ0) is 29.7. The summed E-state index contributed by atoms with van der Waals surface area (Å²) in [6.07, 6.45) is 0. The molecule has 0 aliphatic rings. The number of halogens is 1. The highest BCUT2D eigenvalue weighted by atomic mass is 32.2. The fourth-order valence-electron chi connectivity index (χ4n) is 3.96. The molecule has 0 unspecified atom stereocenters. The van der Waals surface area contributed by atoms with Gasteiger partial charge in [-0.3, -0.25) is 13.9 Å². The Labute approximate surface area is 235 Å². The Morgan fingerprint density at radius 1 is 0.950 bits per heavy atom. The molecule has 0 spiro atoms. The van der Waals surface area contributed by atoms with Crippen molar-refractivity contribution in [2.75, 3.05) is 18.0 Å². The van der Waals surface area contributed by atoms with Crippen LogP contribution in [-0.4, -0.2) is 50.4 Å². The van der Waals surface area contributed by atoms with Gasteiger partial charge >= 0.3 is 0 Å². The lowest BCUT2D eigenvalue weighted by Crippen LogP contribution is -2.54. The molecule has 40 heavy (non-hydrogen) atoms. The number of rotatable bonds is 10. The molecule has 2 amide bonds. The summed E-state index contributed by atoms with van der Waals surface area (Å²) in [5, 5.41) is 2.87. The maximum atomic E-state index is 13.9. The third-order valence-electron chi connectivity index (χ3n) is 6.18. The molecular weight excluding hydrogens is 533 g/mol. The fourth-order valence-corrected chi connectivity index (χ4v) is 5.37. The predicted molar refractivity (Wildman–Crippen MR) is 153 cm³/mol. The van der Waals surface area contributed by atoms with E-state index in [1.807, 2.05) is 27.7 Å². The lowest BCUT2D eigenvalue weighted by atomic mass is 10.1. The molecule has 1 atom stereocenters. The van der Waals surface area contributed by atoms with E-state index in [-0.39, 0.29) is 17.1 Å². The van der Waals surface area contributed by atoms with Crippen LogP contribution in [0.1, 0.15) is 38.8 Å². The van der Waals surface area contributed by atoms with Gasteiger partial charge in [0.2, 0.25) is 11.8 Å². The summed E-state index contributed by atoms with van der Waals surface area (Å²) in [4.78, 5) is 28.3. The van der Waals surface area contributed by atoms with Crippen LogP contribution in [0.4, 0.5) is 10.1 Å². The van der Waals surface area contributed by atoms with Gasteiger partial charge in [-0.2, -0.15) is 0 Å². The molecule has 0 saturated heterocycles. The van der Waals surface area contributed by atoms with Crippen LogP contribution in [0.15, 0.2) is 77.7 Å². The molecule has 0 heterocycles. The van der Waals surface area contributed by atoms with E-state index in [4.69, 9.17) is 4.74 Å². The summed E-state index contributed by atoms with van der Waals surface area (Å²) in [7, 11) is -2.68. The lowest BCUT2D eigenvalue weighted by molar-refractivity contribution is -0.140. The summed E-state index contributed by atoms with van der Waals surface area (Å²) >= 11 is 0. The van der Waals surface area contributed by atoms with Crippen molar-refractivity contribution in [2.45, 2.75) is 57.6 Å². The Morgan fingerprint density at radius 3 is 2.05 bits per heavy atom. The third-order valence-corrected chi connectivity index (χ3v) is 7.97. The molecule has 0 aliphatic carbocycles. The van der Waals surface area contributed by atoms with E-state index in [1.165, 1.54) is 48.4 Å². The van der Waals surface area contributed by atoms with Crippen molar-refractivity contribution in [3.63, 3.8) is 0 Å². The Hall–Kier alpha value is -3.92. The molecule has 10 heteroatoms. The number of hydrogen-bond donors (Lipinski definition) is 1. The zero-order valence-electron chi connectivity index (χ0n) is 23.6. The number of ether oxygens (including phenoxy) is 1. The van der Waals surface area contributed by atoms with Gasteiger partial charge in [0.1, 0.15) is 24.2 Å². The second kappa shape index (κ2) is 12.5. The molecular formula is C30H36FN3O5S. The molecule has 8 nitrogen and oxygen atoms in total. The van der Waals surface area contributed by atoms with Crippen LogP contribution in [0.5, 0.6) is 5.75 Å². The molecule has 3 aromatic carbocycles. The molecule has 0 bridgehead atoms. The topological polar surface area (TPSA) is 96.0 Å². The standard InChI is InChI=1S/C30H36FN3O5S/c1-21-7-17-27(18-8-21)40(37,38)34(25-13-15-26(39-6)16-14-25)20-28(35)33(19-23-9-11-24(31)12-10-23)22(2)29(36)32-30(3,4)5/h7-18,22H,19-20H2,1-6H3,(H,32,36)/t22-/m0/s1. The van der Waals surface area contributed by atoms with Crippen LogP contribution in [0.2, 0.25) is 0 Å². The van der Waals surface area contributed by atoms with E-state index in [0.717, 1.165) is 9.87 Å². The molecule has 0 saturated carbocycles. The molecule has 0 aromatic heterocycles. The van der Waals surface area contributed by atoms with Crippen molar-refractivity contribution in [3.8, 4) is 5.75 Å². The van der Waals surface area contributed by atoms with Crippen molar-refractivity contribution in [1.82, 2.24) is 10.2 Å². The Morgan fingerprint density at radius 2 is 1.52 bits per heavy atom. The van der Waals surface area contributed by atoms with Crippen LogP contribution in [0, 0.1) is 12.7 Å². The molecule has 214 valence electrons. The minimum atomic E-state index is -4.18. The minimum absolute atomic E-state index is 0.0188.